The van der Waals surface area contributed by atoms with E-state index in [2.05, 4.69) is 18.8 Å². The Balaban J connectivity index is 1.94. The summed E-state index contributed by atoms with van der Waals surface area (Å²) in [7, 11) is 1.91. The molecule has 1 atom stereocenters. The largest absolute Gasteiger partial charge is 0.339 e. The quantitative estimate of drug-likeness (QED) is 0.328. The molecule has 3 rings (SSSR count). The predicted octanol–water partition coefficient (Wildman–Crippen LogP) is 6.71. The van der Waals surface area contributed by atoms with Gasteiger partial charge in [-0.05, 0) is 56.5 Å². The van der Waals surface area contributed by atoms with Gasteiger partial charge in [0.2, 0.25) is 0 Å². The minimum absolute atomic E-state index is 0.0352. The van der Waals surface area contributed by atoms with E-state index in [-0.39, 0.29) is 17.5 Å². The fraction of sp³-hybridized carbons (Fsp3) is 0.444. The number of nitrogens with zero attached hydrogens (tertiary/aromatic N) is 4. The van der Waals surface area contributed by atoms with Crippen molar-refractivity contribution < 1.29 is 13.6 Å². The molecule has 0 fully saturated rings. The Kier molecular flexibility index (Phi) is 8.18. The highest BCUT2D eigenvalue weighted by Crippen LogP contribution is 2.28. The monoisotopic (exact) mass is 468 g/mol. The number of hydrogen-bond acceptors (Lipinski definition) is 3. The summed E-state index contributed by atoms with van der Waals surface area (Å²) < 4.78 is 29.7. The maximum atomic E-state index is 14.3. The molecule has 2 aromatic carbocycles. The highest BCUT2D eigenvalue weighted by Gasteiger charge is 2.21. The van der Waals surface area contributed by atoms with Crippen LogP contribution in [0.5, 0.6) is 0 Å². The van der Waals surface area contributed by atoms with E-state index in [0.717, 1.165) is 55.3 Å². The number of halogens is 2. The Hall–Kier alpha value is -3.09. The Morgan fingerprint density at radius 1 is 1.15 bits per heavy atom. The second kappa shape index (κ2) is 10.9. The highest BCUT2D eigenvalue weighted by atomic mass is 19.1. The molecule has 1 unspecified atom stereocenters. The molecular weight excluding hydrogens is 434 g/mol. The summed E-state index contributed by atoms with van der Waals surface area (Å²) in [6.45, 7) is 11.1. The van der Waals surface area contributed by atoms with Crippen molar-refractivity contribution in [2.75, 3.05) is 13.1 Å². The highest BCUT2D eigenvalue weighted by molar-refractivity contribution is 5.98. The van der Waals surface area contributed by atoms with Gasteiger partial charge in [0.05, 0.1) is 17.0 Å². The Bertz CT molecular complexity index is 1190. The van der Waals surface area contributed by atoms with Crippen LogP contribution in [0.2, 0.25) is 0 Å². The number of carbonyl (C=O) groups excluding carboxylic acids is 1. The number of aromatic nitrogens is 2. The van der Waals surface area contributed by atoms with E-state index in [1.165, 1.54) is 6.07 Å². The zero-order valence-corrected chi connectivity index (χ0v) is 21.0. The summed E-state index contributed by atoms with van der Waals surface area (Å²) in [5, 5.41) is 0. The molecule has 0 aliphatic carbocycles. The first-order chi connectivity index (χ1) is 16.2. The summed E-state index contributed by atoms with van der Waals surface area (Å²) in [6, 6.07) is 7.72. The number of rotatable bonds is 9. The number of aryl methyl sites for hydroxylation is 2. The lowest BCUT2D eigenvalue weighted by Gasteiger charge is -2.22. The van der Waals surface area contributed by atoms with Crippen LogP contribution in [0.3, 0.4) is 0 Å². The summed E-state index contributed by atoms with van der Waals surface area (Å²) in [5.41, 5.74) is 3.54. The van der Waals surface area contributed by atoms with E-state index in [1.54, 1.807) is 6.92 Å². The van der Waals surface area contributed by atoms with Gasteiger partial charge in [0.25, 0.3) is 5.91 Å². The van der Waals surface area contributed by atoms with Crippen LogP contribution in [0, 0.1) is 18.6 Å². The molecule has 0 aliphatic rings. The lowest BCUT2D eigenvalue weighted by molar-refractivity contribution is 0.0753. The number of aliphatic imine (C=N–C) groups is 1. The summed E-state index contributed by atoms with van der Waals surface area (Å²) >= 11 is 0. The SMILES string of the molecule is CCCCN(CCC)C(=O)c1ccc2nc(C(C)C(C)=Nc3c(C)cc(F)cc3F)n(C)c2c1. The lowest BCUT2D eigenvalue weighted by atomic mass is 10.1. The van der Waals surface area contributed by atoms with E-state index < -0.39 is 11.6 Å². The second-order valence-corrected chi connectivity index (χ2v) is 8.91. The van der Waals surface area contributed by atoms with Crippen molar-refractivity contribution in [2.24, 2.45) is 12.0 Å². The first kappa shape index (κ1) is 25.5. The van der Waals surface area contributed by atoms with E-state index in [9.17, 15) is 13.6 Å². The van der Waals surface area contributed by atoms with Gasteiger partial charge < -0.3 is 9.47 Å². The maximum Gasteiger partial charge on any atom is 0.253 e. The molecule has 1 aromatic heterocycles. The molecule has 0 aliphatic heterocycles. The first-order valence-electron chi connectivity index (χ1n) is 11.9. The topological polar surface area (TPSA) is 50.5 Å². The Morgan fingerprint density at radius 2 is 1.88 bits per heavy atom. The number of benzene rings is 2. The molecule has 7 heteroatoms. The normalized spacial score (nSPS) is 12.9. The molecule has 1 amide bonds. The molecule has 3 aromatic rings. The van der Waals surface area contributed by atoms with E-state index >= 15 is 0 Å². The van der Waals surface area contributed by atoms with Crippen molar-refractivity contribution in [2.45, 2.75) is 59.8 Å². The number of fused-ring (bicyclic) bond motifs is 1. The van der Waals surface area contributed by atoms with Gasteiger partial charge in [-0.25, -0.2) is 13.8 Å². The molecular formula is C27H34F2N4O. The molecule has 182 valence electrons. The molecule has 0 N–H and O–H groups in total. The smallest absolute Gasteiger partial charge is 0.253 e. The van der Waals surface area contributed by atoms with Crippen molar-refractivity contribution in [1.29, 1.82) is 0 Å². The van der Waals surface area contributed by atoms with Crippen LogP contribution in [0.1, 0.15) is 74.6 Å². The average molecular weight is 469 g/mol. The number of unbranched alkanes of at least 4 members (excludes halogenated alkanes) is 1. The van der Waals surface area contributed by atoms with Gasteiger partial charge in [-0.2, -0.15) is 0 Å². The third kappa shape index (κ3) is 5.34. The zero-order valence-electron chi connectivity index (χ0n) is 21.0. The van der Waals surface area contributed by atoms with Crippen molar-refractivity contribution in [3.05, 3.63) is 58.9 Å². The molecule has 0 bridgehead atoms. The molecule has 34 heavy (non-hydrogen) atoms. The predicted molar refractivity (Wildman–Crippen MR) is 134 cm³/mol. The molecule has 0 radical (unpaired) electrons. The molecule has 5 nitrogen and oxygen atoms in total. The van der Waals surface area contributed by atoms with Crippen molar-refractivity contribution >= 4 is 28.3 Å². The fourth-order valence-corrected chi connectivity index (χ4v) is 4.14. The van der Waals surface area contributed by atoms with Gasteiger partial charge in [0, 0.05) is 37.5 Å². The summed E-state index contributed by atoms with van der Waals surface area (Å²) in [4.78, 5) is 24.3. The van der Waals surface area contributed by atoms with Crippen LogP contribution in [0.25, 0.3) is 11.0 Å². The van der Waals surface area contributed by atoms with Gasteiger partial charge in [-0.15, -0.1) is 0 Å². The lowest BCUT2D eigenvalue weighted by Crippen LogP contribution is -2.32. The Morgan fingerprint density at radius 3 is 2.53 bits per heavy atom. The number of amides is 1. The number of carbonyl (C=O) groups is 1. The molecule has 1 heterocycles. The minimum atomic E-state index is -0.683. The van der Waals surface area contributed by atoms with Crippen LogP contribution in [-0.4, -0.2) is 39.2 Å². The second-order valence-electron chi connectivity index (χ2n) is 8.91. The first-order valence-corrected chi connectivity index (χ1v) is 11.9. The van der Waals surface area contributed by atoms with E-state index in [4.69, 9.17) is 4.98 Å². The summed E-state index contributed by atoms with van der Waals surface area (Å²) in [5.74, 6) is -0.712. The fourth-order valence-electron chi connectivity index (χ4n) is 4.14. The number of hydrogen-bond donors (Lipinski definition) is 0. The van der Waals surface area contributed by atoms with Crippen LogP contribution in [-0.2, 0) is 7.05 Å². The van der Waals surface area contributed by atoms with E-state index in [0.29, 0.717) is 16.8 Å². The van der Waals surface area contributed by atoms with Crippen molar-refractivity contribution in [3.8, 4) is 0 Å². The van der Waals surface area contributed by atoms with Crippen LogP contribution in [0.15, 0.2) is 35.3 Å². The summed E-state index contributed by atoms with van der Waals surface area (Å²) in [6.07, 6.45) is 2.93. The minimum Gasteiger partial charge on any atom is -0.339 e. The standard InChI is InChI=1S/C27H34F2N4O/c1-7-9-13-33(12-8-2)27(34)20-10-11-23-24(15-20)32(6)26(31-23)18(4)19(5)30-25-17(3)14-21(28)16-22(25)29/h10-11,14-16,18H,7-9,12-13H2,1-6H3. The van der Waals surface area contributed by atoms with Crippen LogP contribution >= 0.6 is 0 Å². The maximum absolute atomic E-state index is 14.3. The average Bonchev–Trinajstić information content (AvgIpc) is 3.13. The Labute approximate surface area is 200 Å². The van der Waals surface area contributed by atoms with Gasteiger partial charge >= 0.3 is 0 Å². The van der Waals surface area contributed by atoms with Gasteiger partial charge in [-0.1, -0.05) is 27.2 Å². The molecule has 0 saturated heterocycles. The third-order valence-electron chi connectivity index (χ3n) is 6.25. The van der Waals surface area contributed by atoms with Crippen molar-refractivity contribution in [3.63, 3.8) is 0 Å². The van der Waals surface area contributed by atoms with Gasteiger partial charge in [0.15, 0.2) is 5.82 Å². The van der Waals surface area contributed by atoms with E-state index in [1.807, 2.05) is 48.6 Å². The van der Waals surface area contributed by atoms with Gasteiger partial charge in [0.1, 0.15) is 17.3 Å². The molecule has 0 spiro atoms. The molecule has 0 saturated carbocycles. The third-order valence-corrected chi connectivity index (χ3v) is 6.25. The van der Waals surface area contributed by atoms with Crippen molar-refractivity contribution in [1.82, 2.24) is 14.5 Å². The van der Waals surface area contributed by atoms with Gasteiger partial charge in [-0.3, -0.25) is 9.79 Å². The van der Waals surface area contributed by atoms with Crippen LogP contribution in [0.4, 0.5) is 14.5 Å². The number of imidazole rings is 1. The van der Waals surface area contributed by atoms with Crippen LogP contribution < -0.4 is 0 Å². The zero-order chi connectivity index (χ0) is 25.0.